The molecule has 5 heteroatoms. The number of carbonyl (C=O) groups excluding carboxylic acids is 1. The van der Waals surface area contributed by atoms with Gasteiger partial charge in [-0.25, -0.2) is 4.79 Å². The number of aromatic hydroxyl groups is 1. The smallest absolute Gasteiger partial charge is 0.407 e. The Bertz CT molecular complexity index is 552. The number of phenols is 1. The Morgan fingerprint density at radius 1 is 1.43 bits per heavy atom. The van der Waals surface area contributed by atoms with E-state index in [0.717, 1.165) is 19.3 Å². The zero-order valence-corrected chi connectivity index (χ0v) is 14.5. The van der Waals surface area contributed by atoms with Crippen LogP contribution < -0.4 is 10.6 Å². The lowest BCUT2D eigenvalue weighted by atomic mass is 9.87. The van der Waals surface area contributed by atoms with Gasteiger partial charge in [-0.1, -0.05) is 6.07 Å². The molecule has 3 N–H and O–H groups in total. The fourth-order valence-electron chi connectivity index (χ4n) is 2.93. The Kier molecular flexibility index (Phi) is 5.52. The fourth-order valence-corrected chi connectivity index (χ4v) is 2.93. The second-order valence-electron chi connectivity index (χ2n) is 7.28. The fraction of sp³-hybridized carbons (Fsp3) is 0.611. The summed E-state index contributed by atoms with van der Waals surface area (Å²) in [5, 5.41) is 16.0. The molecule has 0 saturated heterocycles. The minimum atomic E-state index is -0.481. The van der Waals surface area contributed by atoms with Crippen molar-refractivity contribution in [3.63, 3.8) is 0 Å². The third kappa shape index (κ3) is 5.43. The molecule has 1 aromatic carbocycles. The van der Waals surface area contributed by atoms with Gasteiger partial charge >= 0.3 is 6.09 Å². The summed E-state index contributed by atoms with van der Waals surface area (Å²) in [6.45, 7) is 8.11. The van der Waals surface area contributed by atoms with Crippen molar-refractivity contribution in [3.8, 4) is 5.75 Å². The standard InChI is InChI=1S/C18H28N2O3/c1-12(11-19-17(22)23-18(2,3)4)20-16-7-5-6-13-10-14(21)8-9-15(13)16/h8-10,12,16,20-21H,5-7,11H2,1-4H3,(H,19,22). The Labute approximate surface area is 138 Å². The van der Waals surface area contributed by atoms with Gasteiger partial charge in [0.1, 0.15) is 11.4 Å². The van der Waals surface area contributed by atoms with Gasteiger partial charge in [-0.05, 0) is 70.2 Å². The van der Waals surface area contributed by atoms with Gasteiger partial charge < -0.3 is 20.5 Å². The van der Waals surface area contributed by atoms with Crippen molar-refractivity contribution in [1.82, 2.24) is 10.6 Å². The molecule has 1 aliphatic carbocycles. The van der Waals surface area contributed by atoms with E-state index in [0.29, 0.717) is 12.3 Å². The van der Waals surface area contributed by atoms with Gasteiger partial charge in [0.15, 0.2) is 0 Å². The van der Waals surface area contributed by atoms with Crippen molar-refractivity contribution >= 4 is 6.09 Å². The van der Waals surface area contributed by atoms with Crippen molar-refractivity contribution in [3.05, 3.63) is 29.3 Å². The lowest BCUT2D eigenvalue weighted by molar-refractivity contribution is 0.0522. The predicted octanol–water partition coefficient (Wildman–Crippen LogP) is 3.27. The maximum absolute atomic E-state index is 11.7. The number of amides is 1. The van der Waals surface area contributed by atoms with Crippen molar-refractivity contribution < 1.29 is 14.6 Å². The molecule has 0 bridgehead atoms. The number of aryl methyl sites for hydroxylation is 1. The lowest BCUT2D eigenvalue weighted by Crippen LogP contribution is -2.43. The van der Waals surface area contributed by atoms with E-state index < -0.39 is 5.60 Å². The predicted molar refractivity (Wildman–Crippen MR) is 90.6 cm³/mol. The number of phenolic OH excluding ortho intramolecular Hbond substituents is 1. The number of ether oxygens (including phenoxy) is 1. The first-order valence-electron chi connectivity index (χ1n) is 8.29. The van der Waals surface area contributed by atoms with Crippen LogP contribution in [0.3, 0.4) is 0 Å². The highest BCUT2D eigenvalue weighted by Gasteiger charge is 2.22. The van der Waals surface area contributed by atoms with E-state index in [4.69, 9.17) is 4.74 Å². The van der Waals surface area contributed by atoms with Crippen LogP contribution in [0.2, 0.25) is 0 Å². The van der Waals surface area contributed by atoms with Gasteiger partial charge in [0.25, 0.3) is 0 Å². The number of carbonyl (C=O) groups is 1. The van der Waals surface area contributed by atoms with Crippen molar-refractivity contribution in [2.24, 2.45) is 0 Å². The zero-order valence-electron chi connectivity index (χ0n) is 14.5. The summed E-state index contributed by atoms with van der Waals surface area (Å²) in [5.41, 5.74) is 1.98. The first-order chi connectivity index (χ1) is 10.7. The molecular formula is C18H28N2O3. The summed E-state index contributed by atoms with van der Waals surface area (Å²) in [6.07, 6.45) is 2.78. The molecule has 23 heavy (non-hydrogen) atoms. The topological polar surface area (TPSA) is 70.6 Å². The average Bonchev–Trinajstić information content (AvgIpc) is 2.43. The van der Waals surface area contributed by atoms with Crippen molar-refractivity contribution in [2.75, 3.05) is 6.54 Å². The van der Waals surface area contributed by atoms with E-state index in [-0.39, 0.29) is 18.2 Å². The Morgan fingerprint density at radius 3 is 2.87 bits per heavy atom. The van der Waals surface area contributed by atoms with Gasteiger partial charge in [-0.15, -0.1) is 0 Å². The first-order valence-corrected chi connectivity index (χ1v) is 8.29. The largest absolute Gasteiger partial charge is 0.508 e. The molecule has 128 valence electrons. The number of fused-ring (bicyclic) bond motifs is 1. The molecule has 0 heterocycles. The van der Waals surface area contributed by atoms with Crippen molar-refractivity contribution in [2.45, 2.75) is 64.6 Å². The zero-order chi connectivity index (χ0) is 17.0. The van der Waals surface area contributed by atoms with E-state index in [1.165, 1.54) is 11.1 Å². The molecule has 0 spiro atoms. The first kappa shape index (κ1) is 17.6. The van der Waals surface area contributed by atoms with Gasteiger partial charge in [0, 0.05) is 18.6 Å². The molecule has 1 aliphatic rings. The van der Waals surface area contributed by atoms with Crippen LogP contribution in [0.4, 0.5) is 4.79 Å². The van der Waals surface area contributed by atoms with Crippen LogP contribution in [0.15, 0.2) is 18.2 Å². The van der Waals surface area contributed by atoms with Gasteiger partial charge in [-0.2, -0.15) is 0 Å². The third-order valence-corrected chi connectivity index (χ3v) is 3.88. The number of hydrogen-bond donors (Lipinski definition) is 3. The number of alkyl carbamates (subject to hydrolysis) is 1. The SMILES string of the molecule is CC(CNC(=O)OC(C)(C)C)NC1CCCc2cc(O)ccc21. The minimum Gasteiger partial charge on any atom is -0.508 e. The maximum Gasteiger partial charge on any atom is 0.407 e. The van der Waals surface area contributed by atoms with Gasteiger partial charge in [0.05, 0.1) is 0 Å². The number of benzene rings is 1. The van der Waals surface area contributed by atoms with Gasteiger partial charge in [-0.3, -0.25) is 0 Å². The molecule has 0 radical (unpaired) electrons. The summed E-state index contributed by atoms with van der Waals surface area (Å²) in [6, 6.07) is 5.98. The van der Waals surface area contributed by atoms with E-state index in [9.17, 15) is 9.90 Å². The third-order valence-electron chi connectivity index (χ3n) is 3.88. The average molecular weight is 320 g/mol. The molecule has 2 atom stereocenters. The lowest BCUT2D eigenvalue weighted by Gasteiger charge is -2.29. The van der Waals surface area contributed by atoms with E-state index in [2.05, 4.69) is 10.6 Å². The molecule has 2 rings (SSSR count). The molecule has 2 unspecified atom stereocenters. The van der Waals surface area contributed by atoms with E-state index in [1.807, 2.05) is 39.8 Å². The molecule has 0 aromatic heterocycles. The molecule has 0 fully saturated rings. The Balaban J connectivity index is 1.87. The highest BCUT2D eigenvalue weighted by Crippen LogP contribution is 2.32. The highest BCUT2D eigenvalue weighted by atomic mass is 16.6. The molecular weight excluding hydrogens is 292 g/mol. The maximum atomic E-state index is 11.7. The van der Waals surface area contributed by atoms with Crippen molar-refractivity contribution in [1.29, 1.82) is 0 Å². The summed E-state index contributed by atoms with van der Waals surface area (Å²) in [4.78, 5) is 11.7. The molecule has 5 nitrogen and oxygen atoms in total. The monoisotopic (exact) mass is 320 g/mol. The number of rotatable bonds is 4. The second kappa shape index (κ2) is 7.21. The van der Waals surface area contributed by atoms with E-state index >= 15 is 0 Å². The summed E-state index contributed by atoms with van der Waals surface area (Å²) >= 11 is 0. The van der Waals surface area contributed by atoms with Crippen LogP contribution in [-0.4, -0.2) is 29.4 Å². The van der Waals surface area contributed by atoms with Gasteiger partial charge in [0.2, 0.25) is 0 Å². The molecule has 0 aliphatic heterocycles. The Hall–Kier alpha value is -1.75. The quantitative estimate of drug-likeness (QED) is 0.796. The normalized spacial score (nSPS) is 18.9. The molecule has 1 amide bonds. The number of nitrogens with one attached hydrogen (secondary N) is 2. The van der Waals surface area contributed by atoms with Crippen LogP contribution in [0.5, 0.6) is 5.75 Å². The number of hydrogen-bond acceptors (Lipinski definition) is 4. The van der Waals surface area contributed by atoms with Crippen LogP contribution in [0.25, 0.3) is 0 Å². The summed E-state index contributed by atoms with van der Waals surface area (Å²) < 4.78 is 5.24. The summed E-state index contributed by atoms with van der Waals surface area (Å²) in [5.74, 6) is 0.323. The summed E-state index contributed by atoms with van der Waals surface area (Å²) in [7, 11) is 0. The second-order valence-corrected chi connectivity index (χ2v) is 7.28. The Morgan fingerprint density at radius 2 is 2.17 bits per heavy atom. The van der Waals surface area contributed by atoms with Crippen LogP contribution in [-0.2, 0) is 11.2 Å². The van der Waals surface area contributed by atoms with Crippen LogP contribution in [0.1, 0.15) is 57.7 Å². The molecule has 1 aromatic rings. The van der Waals surface area contributed by atoms with Crippen LogP contribution in [0, 0.1) is 0 Å². The minimum absolute atomic E-state index is 0.132. The van der Waals surface area contributed by atoms with E-state index in [1.54, 1.807) is 6.07 Å². The highest BCUT2D eigenvalue weighted by molar-refractivity contribution is 5.67. The molecule has 0 saturated carbocycles. The van der Waals surface area contributed by atoms with Crippen LogP contribution >= 0.6 is 0 Å².